The fourth-order valence-corrected chi connectivity index (χ4v) is 1.94. The summed E-state index contributed by atoms with van der Waals surface area (Å²) in [6, 6.07) is 2.99. The molecule has 1 aromatic carbocycles. The van der Waals surface area contributed by atoms with Gasteiger partial charge in [-0.1, -0.05) is 31.9 Å². The molecule has 1 atom stereocenters. The molecule has 0 bridgehead atoms. The maximum atomic E-state index is 12.6. The molecule has 0 aromatic heterocycles. The third-order valence-electron chi connectivity index (χ3n) is 2.07. The van der Waals surface area contributed by atoms with Crippen molar-refractivity contribution in [2.45, 2.75) is 17.9 Å². The summed E-state index contributed by atoms with van der Waals surface area (Å²) in [4.78, 5) is -1.73. The normalized spacial score (nSPS) is 13.7. The lowest BCUT2D eigenvalue weighted by Crippen LogP contribution is -2.16. The van der Waals surface area contributed by atoms with Crippen LogP contribution in [0.25, 0.3) is 0 Å². The number of halogens is 5. The second-order valence-corrected chi connectivity index (χ2v) is 5.02. The van der Waals surface area contributed by atoms with Gasteiger partial charge in [-0.3, -0.25) is 0 Å². The Morgan fingerprint density at radius 2 is 1.88 bits per heavy atom. The van der Waals surface area contributed by atoms with Crippen molar-refractivity contribution < 1.29 is 17.9 Å². The number of benzene rings is 1. The van der Waals surface area contributed by atoms with E-state index in [1.54, 1.807) is 13.0 Å². The molecule has 0 amide bonds. The van der Waals surface area contributed by atoms with Crippen molar-refractivity contribution in [1.29, 1.82) is 0 Å². The zero-order valence-electron chi connectivity index (χ0n) is 8.53. The highest BCUT2D eigenvalue weighted by Crippen LogP contribution is 2.44. The van der Waals surface area contributed by atoms with E-state index < -0.39 is 11.0 Å². The lowest BCUT2D eigenvalue weighted by atomic mass is 10.1. The van der Waals surface area contributed by atoms with Crippen molar-refractivity contribution in [3.8, 4) is 5.75 Å². The van der Waals surface area contributed by atoms with Gasteiger partial charge in [0.25, 0.3) is 0 Å². The number of alkyl halides is 4. The molecular weight excluding hydrogens is 353 g/mol. The maximum absolute atomic E-state index is 12.6. The summed E-state index contributed by atoms with van der Waals surface area (Å²) in [5, 5.41) is 0. The van der Waals surface area contributed by atoms with Gasteiger partial charge in [-0.2, -0.15) is 13.2 Å². The smallest absolute Gasteiger partial charge is 0.405 e. The SMILES string of the molecule is COc1cc(C)c(Br)cc1C(Br)C(F)(F)F. The molecule has 1 rings (SSSR count). The van der Waals surface area contributed by atoms with Crippen molar-refractivity contribution in [1.82, 2.24) is 0 Å². The molecule has 0 radical (unpaired) electrons. The Bertz CT molecular complexity index is 390. The standard InChI is InChI=1S/C10H9Br2F3O/c1-5-3-8(16-2)6(4-7(5)11)9(12)10(13,14)15/h3-4,9H,1-2H3. The summed E-state index contributed by atoms with van der Waals surface area (Å²) in [6.45, 7) is 1.78. The molecular formula is C10H9Br2F3O. The van der Waals surface area contributed by atoms with Gasteiger partial charge in [0.05, 0.1) is 7.11 Å². The molecule has 16 heavy (non-hydrogen) atoms. The molecule has 0 aliphatic rings. The van der Waals surface area contributed by atoms with Gasteiger partial charge < -0.3 is 4.74 Å². The van der Waals surface area contributed by atoms with Gasteiger partial charge in [-0.05, 0) is 24.6 Å². The topological polar surface area (TPSA) is 9.23 Å². The first-order valence-electron chi connectivity index (χ1n) is 4.32. The molecule has 0 aliphatic carbocycles. The fraction of sp³-hybridized carbons (Fsp3) is 0.400. The third-order valence-corrected chi connectivity index (χ3v) is 3.94. The Kier molecular flexibility index (Phi) is 4.29. The van der Waals surface area contributed by atoms with E-state index in [0.29, 0.717) is 4.47 Å². The van der Waals surface area contributed by atoms with E-state index in [1.807, 2.05) is 0 Å². The summed E-state index contributed by atoms with van der Waals surface area (Å²) in [5.41, 5.74) is 0.884. The van der Waals surface area contributed by atoms with Crippen LogP contribution in [0.1, 0.15) is 16.0 Å². The van der Waals surface area contributed by atoms with Crippen LogP contribution in [0, 0.1) is 6.92 Å². The van der Waals surface area contributed by atoms with Gasteiger partial charge in [0, 0.05) is 10.0 Å². The number of aryl methyl sites for hydroxylation is 1. The molecule has 0 spiro atoms. The Morgan fingerprint density at radius 1 is 1.31 bits per heavy atom. The van der Waals surface area contributed by atoms with Crippen LogP contribution < -0.4 is 4.74 Å². The van der Waals surface area contributed by atoms with E-state index in [-0.39, 0.29) is 11.3 Å². The first-order valence-corrected chi connectivity index (χ1v) is 6.03. The van der Waals surface area contributed by atoms with Crippen molar-refractivity contribution in [2.24, 2.45) is 0 Å². The maximum Gasteiger partial charge on any atom is 0.405 e. The van der Waals surface area contributed by atoms with Crippen LogP contribution >= 0.6 is 31.9 Å². The number of rotatable bonds is 2. The molecule has 1 aromatic rings. The van der Waals surface area contributed by atoms with Gasteiger partial charge in [-0.15, -0.1) is 0 Å². The Labute approximate surface area is 108 Å². The van der Waals surface area contributed by atoms with Crippen molar-refractivity contribution in [3.05, 3.63) is 27.7 Å². The first-order chi connectivity index (χ1) is 7.27. The molecule has 1 nitrogen and oxygen atoms in total. The minimum Gasteiger partial charge on any atom is -0.496 e. The second kappa shape index (κ2) is 4.96. The molecule has 1 unspecified atom stereocenters. The number of ether oxygens (including phenoxy) is 1. The number of methoxy groups -OCH3 is 1. The van der Waals surface area contributed by atoms with Crippen molar-refractivity contribution in [2.75, 3.05) is 7.11 Å². The van der Waals surface area contributed by atoms with Crippen molar-refractivity contribution >= 4 is 31.9 Å². The van der Waals surface area contributed by atoms with Crippen LogP contribution in [0.4, 0.5) is 13.2 Å². The monoisotopic (exact) mass is 360 g/mol. The molecule has 0 saturated carbocycles. The summed E-state index contributed by atoms with van der Waals surface area (Å²) < 4.78 is 43.3. The van der Waals surface area contributed by atoms with E-state index in [2.05, 4.69) is 31.9 Å². The average molecular weight is 362 g/mol. The molecule has 0 heterocycles. The Hall–Kier alpha value is -0.230. The number of hydrogen-bond donors (Lipinski definition) is 0. The van der Waals surface area contributed by atoms with Crippen molar-refractivity contribution in [3.63, 3.8) is 0 Å². The van der Waals surface area contributed by atoms with E-state index in [9.17, 15) is 13.2 Å². The highest BCUT2D eigenvalue weighted by Gasteiger charge is 2.40. The summed E-state index contributed by atoms with van der Waals surface area (Å²) >= 11 is 5.83. The van der Waals surface area contributed by atoms with E-state index in [0.717, 1.165) is 5.56 Å². The zero-order valence-corrected chi connectivity index (χ0v) is 11.7. The minimum atomic E-state index is -4.35. The van der Waals surface area contributed by atoms with Crippen LogP contribution in [-0.4, -0.2) is 13.3 Å². The Balaban J connectivity index is 3.27. The molecule has 90 valence electrons. The summed E-state index contributed by atoms with van der Waals surface area (Å²) in [7, 11) is 1.35. The third kappa shape index (κ3) is 2.91. The minimum absolute atomic E-state index is 0.0625. The lowest BCUT2D eigenvalue weighted by molar-refractivity contribution is -0.128. The van der Waals surface area contributed by atoms with Gasteiger partial charge >= 0.3 is 6.18 Å². The van der Waals surface area contributed by atoms with Crippen LogP contribution in [0.2, 0.25) is 0 Å². The average Bonchev–Trinajstić information content (AvgIpc) is 2.19. The summed E-state index contributed by atoms with van der Waals surface area (Å²) in [5.74, 6) is 0.222. The predicted molar refractivity (Wildman–Crippen MR) is 63.2 cm³/mol. The van der Waals surface area contributed by atoms with Gasteiger partial charge in [0.2, 0.25) is 0 Å². The molecule has 0 fully saturated rings. The highest BCUT2D eigenvalue weighted by molar-refractivity contribution is 9.10. The predicted octanol–water partition coefficient (Wildman–Crippen LogP) is 4.76. The van der Waals surface area contributed by atoms with Crippen LogP contribution in [0.3, 0.4) is 0 Å². The Morgan fingerprint density at radius 3 is 2.31 bits per heavy atom. The fourth-order valence-electron chi connectivity index (χ4n) is 1.22. The highest BCUT2D eigenvalue weighted by atomic mass is 79.9. The van der Waals surface area contributed by atoms with Gasteiger partial charge in [-0.25, -0.2) is 0 Å². The molecule has 0 N–H and O–H groups in total. The first kappa shape index (κ1) is 13.8. The van der Waals surface area contributed by atoms with Crippen LogP contribution in [-0.2, 0) is 0 Å². The van der Waals surface area contributed by atoms with Gasteiger partial charge in [0.15, 0.2) is 0 Å². The quantitative estimate of drug-likeness (QED) is 0.690. The van der Waals surface area contributed by atoms with E-state index in [1.165, 1.54) is 13.2 Å². The summed E-state index contributed by atoms with van der Waals surface area (Å²) in [6.07, 6.45) is -4.35. The lowest BCUT2D eigenvalue weighted by Gasteiger charge is -2.18. The molecule has 0 saturated heterocycles. The largest absolute Gasteiger partial charge is 0.496 e. The van der Waals surface area contributed by atoms with Crippen LogP contribution in [0.15, 0.2) is 16.6 Å². The molecule has 6 heteroatoms. The van der Waals surface area contributed by atoms with Gasteiger partial charge in [0.1, 0.15) is 10.6 Å². The van der Waals surface area contributed by atoms with Crippen LogP contribution in [0.5, 0.6) is 5.75 Å². The van der Waals surface area contributed by atoms with E-state index >= 15 is 0 Å². The zero-order chi connectivity index (χ0) is 12.5. The molecule has 0 aliphatic heterocycles. The second-order valence-electron chi connectivity index (χ2n) is 3.25. The van der Waals surface area contributed by atoms with E-state index in [4.69, 9.17) is 4.74 Å². The number of hydrogen-bond acceptors (Lipinski definition) is 1.